The quantitative estimate of drug-likeness (QED) is 0.226. The summed E-state index contributed by atoms with van der Waals surface area (Å²) in [5.74, 6) is 0.310. The van der Waals surface area contributed by atoms with Gasteiger partial charge in [0.15, 0.2) is 5.60 Å². The van der Waals surface area contributed by atoms with Crippen LogP contribution < -0.4 is 25.0 Å². The van der Waals surface area contributed by atoms with Gasteiger partial charge in [-0.1, -0.05) is 60.6 Å². The molecule has 0 aliphatic carbocycles. The van der Waals surface area contributed by atoms with E-state index in [1.807, 2.05) is 40.1 Å². The summed E-state index contributed by atoms with van der Waals surface area (Å²) >= 11 is 0. The third kappa shape index (κ3) is 7.37. The van der Waals surface area contributed by atoms with Gasteiger partial charge in [-0.2, -0.15) is 0 Å². The fraction of sp³-hybridized carbons (Fsp3) is 0.548. The number of allylic oxidation sites excluding steroid dienone is 3. The predicted molar refractivity (Wildman–Crippen MR) is 212 cm³/mol. The number of nitrogens with zero attached hydrogens (tertiary/aromatic N) is 3. The van der Waals surface area contributed by atoms with E-state index in [2.05, 4.69) is 70.4 Å². The number of ether oxygens (including phenoxy) is 2. The second-order valence-electron chi connectivity index (χ2n) is 16.1. The number of methoxy groups -OCH3 is 1. The van der Waals surface area contributed by atoms with Crippen LogP contribution in [0.3, 0.4) is 0 Å². The molecule has 53 heavy (non-hydrogen) atoms. The third-order valence-electron chi connectivity index (χ3n) is 12.2. The molecule has 2 aromatic rings. The third-order valence-corrected chi connectivity index (χ3v) is 16.6. The number of likely N-dealkylation sites (tertiary alicyclic amines) is 1. The fourth-order valence-electron chi connectivity index (χ4n) is 9.31. The first kappa shape index (κ1) is 38.9. The summed E-state index contributed by atoms with van der Waals surface area (Å²) in [4.78, 5) is 48.0. The van der Waals surface area contributed by atoms with Crippen molar-refractivity contribution in [2.24, 2.45) is 5.92 Å². The maximum absolute atomic E-state index is 15.3. The molecule has 3 saturated heterocycles. The minimum absolute atomic E-state index is 0.0137. The lowest BCUT2D eigenvalue weighted by Gasteiger charge is -2.37. The largest absolute Gasteiger partial charge is 0.497 e. The van der Waals surface area contributed by atoms with Crippen LogP contribution in [0.1, 0.15) is 65.4 Å². The monoisotopic (exact) mass is 742 g/mol. The Morgan fingerprint density at radius 3 is 2.53 bits per heavy atom. The molecule has 286 valence electrons. The van der Waals surface area contributed by atoms with Crippen molar-refractivity contribution in [3.8, 4) is 5.75 Å². The fourth-order valence-corrected chi connectivity index (χ4v) is 13.3. The SMILES string of the molecule is COc1ccc([Si](C)(C)[C@@H]2[C@@H](CC(=O)N3CCC[C@H]3CO)O[C@]3(C(=O)N(C/C=C(\C)CCC=C(C)C)c4ccc(N5CCNCC5=O)cc43)[C@H]2C)cc1. The predicted octanol–water partition coefficient (Wildman–Crippen LogP) is 5.26. The van der Waals surface area contributed by atoms with Gasteiger partial charge in [0.2, 0.25) is 11.8 Å². The van der Waals surface area contributed by atoms with Crippen molar-refractivity contribution in [2.75, 3.05) is 56.2 Å². The summed E-state index contributed by atoms with van der Waals surface area (Å²) in [7, 11) is -0.828. The highest BCUT2D eigenvalue weighted by Gasteiger charge is 2.66. The van der Waals surface area contributed by atoms with Gasteiger partial charge in [-0.3, -0.25) is 14.4 Å². The lowest BCUT2D eigenvalue weighted by Crippen LogP contribution is -2.52. The van der Waals surface area contributed by atoms with Gasteiger partial charge in [0.25, 0.3) is 5.91 Å². The van der Waals surface area contributed by atoms with Crippen LogP contribution in [0.4, 0.5) is 11.4 Å². The minimum Gasteiger partial charge on any atom is -0.497 e. The summed E-state index contributed by atoms with van der Waals surface area (Å²) < 4.78 is 12.8. The number of benzene rings is 2. The van der Waals surface area contributed by atoms with Crippen LogP contribution in [0.2, 0.25) is 18.6 Å². The number of amides is 3. The van der Waals surface area contributed by atoms with Gasteiger partial charge < -0.3 is 34.6 Å². The zero-order valence-corrected chi connectivity index (χ0v) is 33.6. The highest BCUT2D eigenvalue weighted by molar-refractivity contribution is 6.91. The number of aliphatic hydroxyl groups excluding tert-OH is 1. The highest BCUT2D eigenvalue weighted by Crippen LogP contribution is 2.60. The molecule has 3 amide bonds. The zero-order valence-electron chi connectivity index (χ0n) is 32.6. The molecule has 4 heterocycles. The number of hydrogen-bond donors (Lipinski definition) is 2. The van der Waals surface area contributed by atoms with Gasteiger partial charge in [0.05, 0.1) is 52.6 Å². The molecular formula is C42H58N4O6Si. The number of aliphatic hydroxyl groups is 1. The first-order chi connectivity index (χ1) is 25.3. The molecular weight excluding hydrogens is 685 g/mol. The Balaban J connectivity index is 1.45. The van der Waals surface area contributed by atoms with Crippen molar-refractivity contribution >= 4 is 42.4 Å². The summed E-state index contributed by atoms with van der Waals surface area (Å²) in [6.07, 6.45) is 7.44. The second-order valence-corrected chi connectivity index (χ2v) is 20.8. The van der Waals surface area contributed by atoms with E-state index in [4.69, 9.17) is 9.47 Å². The van der Waals surface area contributed by atoms with E-state index >= 15 is 4.79 Å². The van der Waals surface area contributed by atoms with Gasteiger partial charge in [0, 0.05) is 43.3 Å². The molecule has 10 nitrogen and oxygen atoms in total. The normalized spacial score (nSPS) is 26.1. The molecule has 0 bridgehead atoms. The van der Waals surface area contributed by atoms with Gasteiger partial charge in [-0.25, -0.2) is 0 Å². The van der Waals surface area contributed by atoms with Crippen molar-refractivity contribution in [1.29, 1.82) is 0 Å². The average Bonchev–Trinajstić information content (AvgIpc) is 3.80. The van der Waals surface area contributed by atoms with Gasteiger partial charge in [0.1, 0.15) is 5.75 Å². The number of carbonyl (C=O) groups excluding carboxylic acids is 3. The summed E-state index contributed by atoms with van der Waals surface area (Å²) in [6.45, 7) is 15.5. The maximum Gasteiger partial charge on any atom is 0.264 e. The van der Waals surface area contributed by atoms with Gasteiger partial charge in [-0.15, -0.1) is 0 Å². The molecule has 4 aliphatic heterocycles. The van der Waals surface area contributed by atoms with E-state index in [1.54, 1.807) is 12.0 Å². The molecule has 2 N–H and O–H groups in total. The standard InChI is InChI=1S/C42H58N4O6Si/c1-28(2)10-8-11-29(3)19-22-46-36-18-13-31(45-23-20-43-26-39(45)49)24-35(36)42(41(46)50)30(4)40(53(6,7)34-16-14-33(51-5)15-17-34)37(52-42)25-38(48)44-21-9-12-32(44)27-47/h10,13-19,24,30,32,37,40,43,47H,8-9,11-12,20-23,25-27H2,1-7H3/b29-19+/t30-,32-,37+,40-,42+/m0/s1. The number of nitrogens with one attached hydrogen (secondary N) is 1. The van der Waals surface area contributed by atoms with E-state index < -0.39 is 19.8 Å². The lowest BCUT2D eigenvalue weighted by atomic mass is 9.82. The maximum atomic E-state index is 15.3. The van der Waals surface area contributed by atoms with Crippen molar-refractivity contribution in [3.05, 3.63) is 71.3 Å². The smallest absolute Gasteiger partial charge is 0.264 e. The van der Waals surface area contributed by atoms with Gasteiger partial charge in [-0.05, 0) is 82.3 Å². The molecule has 0 unspecified atom stereocenters. The van der Waals surface area contributed by atoms with Crippen LogP contribution in [-0.4, -0.2) is 94.4 Å². The van der Waals surface area contributed by atoms with Crippen molar-refractivity contribution in [2.45, 2.75) is 96.2 Å². The van der Waals surface area contributed by atoms with Crippen molar-refractivity contribution in [3.63, 3.8) is 0 Å². The molecule has 2 aromatic carbocycles. The van der Waals surface area contributed by atoms with Crippen molar-refractivity contribution < 1.29 is 29.0 Å². The Labute approximate surface area is 316 Å². The molecule has 0 aromatic heterocycles. The first-order valence-corrected chi connectivity index (χ1v) is 22.4. The summed E-state index contributed by atoms with van der Waals surface area (Å²) in [6, 6.07) is 13.9. The summed E-state index contributed by atoms with van der Waals surface area (Å²) in [5, 5.41) is 14.5. The molecule has 6 rings (SSSR count). The molecule has 5 atom stereocenters. The number of fused-ring (bicyclic) bond motifs is 2. The van der Waals surface area contributed by atoms with Crippen LogP contribution in [0, 0.1) is 5.92 Å². The number of anilines is 2. The van der Waals surface area contributed by atoms with E-state index in [0.717, 1.165) is 48.4 Å². The second kappa shape index (κ2) is 15.9. The van der Waals surface area contributed by atoms with Crippen molar-refractivity contribution in [1.82, 2.24) is 10.2 Å². The van der Waals surface area contributed by atoms with Crippen LogP contribution in [0.25, 0.3) is 0 Å². The van der Waals surface area contributed by atoms with E-state index in [1.165, 1.54) is 16.3 Å². The van der Waals surface area contributed by atoms with Crippen LogP contribution in [0.15, 0.2) is 65.8 Å². The number of carbonyl (C=O) groups is 3. The molecule has 3 fully saturated rings. The van der Waals surface area contributed by atoms with Crippen LogP contribution in [0.5, 0.6) is 5.75 Å². The Bertz CT molecular complexity index is 1750. The number of hydrogen-bond acceptors (Lipinski definition) is 7. The Kier molecular flexibility index (Phi) is 11.7. The van der Waals surface area contributed by atoms with E-state index in [-0.39, 0.29) is 54.8 Å². The Hall–Kier alpha value is -3.77. The molecule has 0 radical (unpaired) electrons. The Morgan fingerprint density at radius 1 is 1.09 bits per heavy atom. The minimum atomic E-state index is -2.49. The molecule has 11 heteroatoms. The van der Waals surface area contributed by atoms with E-state index in [0.29, 0.717) is 26.2 Å². The zero-order chi connectivity index (χ0) is 38.1. The average molecular weight is 743 g/mol. The van der Waals surface area contributed by atoms with Gasteiger partial charge >= 0.3 is 0 Å². The number of rotatable bonds is 12. The van der Waals surface area contributed by atoms with Crippen LogP contribution >= 0.6 is 0 Å². The molecule has 1 spiro atoms. The topological polar surface area (TPSA) is 112 Å². The number of piperazine rings is 1. The van der Waals surface area contributed by atoms with Crippen LogP contribution in [-0.2, 0) is 24.7 Å². The highest BCUT2D eigenvalue weighted by atomic mass is 28.3. The lowest BCUT2D eigenvalue weighted by molar-refractivity contribution is -0.149. The molecule has 4 aliphatic rings. The van der Waals surface area contributed by atoms with E-state index in [9.17, 15) is 14.7 Å². The summed E-state index contributed by atoms with van der Waals surface area (Å²) in [5.41, 5.74) is 3.34. The molecule has 0 saturated carbocycles. The Morgan fingerprint density at radius 2 is 1.85 bits per heavy atom. The first-order valence-electron chi connectivity index (χ1n) is 19.3.